The quantitative estimate of drug-likeness (QED) is 0.853. The summed E-state index contributed by atoms with van der Waals surface area (Å²) in [6.07, 6.45) is 1.56. The highest BCUT2D eigenvalue weighted by Crippen LogP contribution is 2.23. The second-order valence-corrected chi connectivity index (χ2v) is 4.18. The molecule has 2 aromatic heterocycles. The normalized spacial score (nSPS) is 10.8. The lowest BCUT2D eigenvalue weighted by molar-refractivity contribution is 0.0943. The highest BCUT2D eigenvalue weighted by Gasteiger charge is 2.21. The fraction of sp³-hybridized carbons (Fsp3) is 0.333. The van der Waals surface area contributed by atoms with Crippen molar-refractivity contribution in [2.45, 2.75) is 26.8 Å². The second-order valence-electron chi connectivity index (χ2n) is 4.18. The summed E-state index contributed by atoms with van der Waals surface area (Å²) in [6.45, 7) is 5.65. The van der Waals surface area contributed by atoms with E-state index in [0.29, 0.717) is 17.0 Å². The topological polar surface area (TPSA) is 70.9 Å². The lowest BCUT2D eigenvalue weighted by Gasteiger charge is -2.08. The van der Waals surface area contributed by atoms with Crippen LogP contribution < -0.4 is 5.32 Å². The number of H-pyrrole nitrogens is 1. The molecule has 1 amide bonds. The lowest BCUT2D eigenvalue weighted by atomic mass is 10.1. The van der Waals surface area contributed by atoms with Crippen LogP contribution in [0.15, 0.2) is 22.8 Å². The van der Waals surface area contributed by atoms with E-state index in [1.165, 1.54) is 0 Å². The molecule has 0 bridgehead atoms. The average Bonchev–Trinajstić information content (AvgIpc) is 2.84. The summed E-state index contributed by atoms with van der Waals surface area (Å²) in [5, 5.41) is 9.76. The van der Waals surface area contributed by atoms with E-state index in [9.17, 15) is 4.79 Å². The van der Waals surface area contributed by atoms with E-state index in [2.05, 4.69) is 15.5 Å². The second kappa shape index (κ2) is 4.45. The number of hydrogen-bond donors (Lipinski definition) is 2. The Morgan fingerprint density at radius 3 is 2.88 bits per heavy atom. The third-order valence-corrected chi connectivity index (χ3v) is 2.35. The maximum absolute atomic E-state index is 12.0. The zero-order chi connectivity index (χ0) is 12.4. The highest BCUT2D eigenvalue weighted by atomic mass is 16.3. The number of aromatic nitrogens is 2. The number of furan rings is 1. The number of aryl methyl sites for hydroxylation is 1. The van der Waals surface area contributed by atoms with Gasteiger partial charge in [0, 0.05) is 11.7 Å². The molecule has 0 radical (unpaired) electrons. The number of nitrogens with one attached hydrogen (secondary N) is 2. The first-order chi connectivity index (χ1) is 8.09. The first-order valence-corrected chi connectivity index (χ1v) is 5.49. The largest absolute Gasteiger partial charge is 0.463 e. The van der Waals surface area contributed by atoms with Crippen LogP contribution in [0.5, 0.6) is 0 Å². The third-order valence-electron chi connectivity index (χ3n) is 2.35. The molecular formula is C12H15N3O2. The molecule has 5 heteroatoms. The summed E-state index contributed by atoms with van der Waals surface area (Å²) in [5.74, 6) is 0.445. The van der Waals surface area contributed by atoms with Gasteiger partial charge in [-0.25, -0.2) is 0 Å². The van der Waals surface area contributed by atoms with Crippen LogP contribution in [0.3, 0.4) is 0 Å². The van der Waals surface area contributed by atoms with Gasteiger partial charge in [-0.15, -0.1) is 0 Å². The molecule has 2 rings (SSSR count). The van der Waals surface area contributed by atoms with Crippen LogP contribution in [-0.4, -0.2) is 22.1 Å². The Balaban J connectivity index is 2.40. The van der Waals surface area contributed by atoms with Gasteiger partial charge in [-0.3, -0.25) is 9.89 Å². The third kappa shape index (κ3) is 2.22. The van der Waals surface area contributed by atoms with Crippen LogP contribution in [0.25, 0.3) is 11.5 Å². The van der Waals surface area contributed by atoms with Crippen molar-refractivity contribution in [3.05, 3.63) is 29.7 Å². The SMILES string of the molecule is Cc1[nH]nc(-c2ccco2)c1C(=O)NC(C)C. The summed E-state index contributed by atoms with van der Waals surface area (Å²) < 4.78 is 5.27. The minimum Gasteiger partial charge on any atom is -0.463 e. The lowest BCUT2D eigenvalue weighted by Crippen LogP contribution is -2.30. The van der Waals surface area contributed by atoms with E-state index >= 15 is 0 Å². The van der Waals surface area contributed by atoms with Gasteiger partial charge in [0.05, 0.1) is 11.8 Å². The molecule has 0 spiro atoms. The fourth-order valence-corrected chi connectivity index (χ4v) is 1.63. The molecule has 0 saturated heterocycles. The van der Waals surface area contributed by atoms with E-state index in [1.54, 1.807) is 18.4 Å². The molecular weight excluding hydrogens is 218 g/mol. The minimum absolute atomic E-state index is 0.0845. The Morgan fingerprint density at radius 2 is 2.29 bits per heavy atom. The highest BCUT2D eigenvalue weighted by molar-refractivity contribution is 6.00. The molecule has 0 saturated carbocycles. The Bertz CT molecular complexity index is 512. The van der Waals surface area contributed by atoms with Crippen molar-refractivity contribution in [3.63, 3.8) is 0 Å². The molecule has 0 aliphatic rings. The number of nitrogens with zero attached hydrogens (tertiary/aromatic N) is 1. The van der Waals surface area contributed by atoms with Crippen molar-refractivity contribution < 1.29 is 9.21 Å². The van der Waals surface area contributed by atoms with Gasteiger partial charge in [-0.05, 0) is 32.9 Å². The maximum Gasteiger partial charge on any atom is 0.255 e. The van der Waals surface area contributed by atoms with Crippen molar-refractivity contribution in [2.24, 2.45) is 0 Å². The Kier molecular flexibility index (Phi) is 2.99. The van der Waals surface area contributed by atoms with Gasteiger partial charge in [0.25, 0.3) is 5.91 Å². The first-order valence-electron chi connectivity index (χ1n) is 5.49. The Morgan fingerprint density at radius 1 is 1.53 bits per heavy atom. The molecule has 0 aliphatic carbocycles. The van der Waals surface area contributed by atoms with Gasteiger partial charge in [0.1, 0.15) is 5.69 Å². The number of amides is 1. The van der Waals surface area contributed by atoms with E-state index in [4.69, 9.17) is 4.42 Å². The van der Waals surface area contributed by atoms with E-state index in [0.717, 1.165) is 5.69 Å². The minimum atomic E-state index is -0.141. The standard InChI is InChI=1S/C12H15N3O2/c1-7(2)13-12(16)10-8(3)14-15-11(10)9-5-4-6-17-9/h4-7H,1-3H3,(H,13,16)(H,14,15). The van der Waals surface area contributed by atoms with Crippen molar-refractivity contribution in [3.8, 4) is 11.5 Å². The predicted octanol–water partition coefficient (Wildman–Crippen LogP) is 2.12. The van der Waals surface area contributed by atoms with Crippen LogP contribution in [0.4, 0.5) is 0 Å². The maximum atomic E-state index is 12.0. The van der Waals surface area contributed by atoms with Crippen LogP contribution in [0.1, 0.15) is 29.9 Å². The molecule has 5 nitrogen and oxygen atoms in total. The van der Waals surface area contributed by atoms with Gasteiger partial charge in [0.2, 0.25) is 0 Å². The Hall–Kier alpha value is -2.04. The average molecular weight is 233 g/mol. The van der Waals surface area contributed by atoms with Crippen molar-refractivity contribution in [1.82, 2.24) is 15.5 Å². The number of hydrogen-bond acceptors (Lipinski definition) is 3. The van der Waals surface area contributed by atoms with Crippen LogP contribution in [-0.2, 0) is 0 Å². The van der Waals surface area contributed by atoms with Crippen LogP contribution >= 0.6 is 0 Å². The van der Waals surface area contributed by atoms with Gasteiger partial charge < -0.3 is 9.73 Å². The molecule has 0 aliphatic heterocycles. The Labute approximate surface area is 99.2 Å². The van der Waals surface area contributed by atoms with E-state index in [1.807, 2.05) is 20.8 Å². The van der Waals surface area contributed by atoms with Gasteiger partial charge >= 0.3 is 0 Å². The zero-order valence-corrected chi connectivity index (χ0v) is 10.1. The predicted molar refractivity (Wildman–Crippen MR) is 63.6 cm³/mol. The molecule has 0 aromatic carbocycles. The summed E-state index contributed by atoms with van der Waals surface area (Å²) in [4.78, 5) is 12.0. The first kappa shape index (κ1) is 11.4. The van der Waals surface area contributed by atoms with E-state index < -0.39 is 0 Å². The van der Waals surface area contributed by atoms with Gasteiger partial charge in [0.15, 0.2) is 5.76 Å². The fourth-order valence-electron chi connectivity index (χ4n) is 1.63. The molecule has 2 aromatic rings. The summed E-state index contributed by atoms with van der Waals surface area (Å²) in [6, 6.07) is 3.63. The molecule has 0 fully saturated rings. The molecule has 0 unspecified atom stereocenters. The number of carbonyl (C=O) groups excluding carboxylic acids is 1. The molecule has 17 heavy (non-hydrogen) atoms. The van der Waals surface area contributed by atoms with Gasteiger partial charge in [-0.2, -0.15) is 5.10 Å². The van der Waals surface area contributed by atoms with Gasteiger partial charge in [-0.1, -0.05) is 0 Å². The smallest absolute Gasteiger partial charge is 0.255 e. The van der Waals surface area contributed by atoms with Crippen molar-refractivity contribution in [1.29, 1.82) is 0 Å². The molecule has 0 atom stereocenters. The van der Waals surface area contributed by atoms with Crippen LogP contribution in [0.2, 0.25) is 0 Å². The molecule has 90 valence electrons. The summed E-state index contributed by atoms with van der Waals surface area (Å²) >= 11 is 0. The molecule has 2 heterocycles. The monoisotopic (exact) mass is 233 g/mol. The number of rotatable bonds is 3. The summed E-state index contributed by atoms with van der Waals surface area (Å²) in [7, 11) is 0. The number of aromatic amines is 1. The van der Waals surface area contributed by atoms with Crippen molar-refractivity contribution >= 4 is 5.91 Å². The summed E-state index contributed by atoms with van der Waals surface area (Å²) in [5.41, 5.74) is 1.81. The van der Waals surface area contributed by atoms with Crippen molar-refractivity contribution in [2.75, 3.05) is 0 Å². The molecule has 2 N–H and O–H groups in total. The zero-order valence-electron chi connectivity index (χ0n) is 10.1. The van der Waals surface area contributed by atoms with E-state index in [-0.39, 0.29) is 11.9 Å². The number of carbonyl (C=O) groups is 1. The van der Waals surface area contributed by atoms with Crippen LogP contribution in [0, 0.1) is 6.92 Å².